The molecule has 0 atom stereocenters. The zero-order valence-electron chi connectivity index (χ0n) is 8.34. The lowest BCUT2D eigenvalue weighted by atomic mass is 10.2. The molecule has 0 aromatic heterocycles. The molecular weight excluding hydrogens is 267 g/mol. The Labute approximate surface area is 95.3 Å². The molecule has 0 fully saturated rings. The van der Waals surface area contributed by atoms with Crippen molar-refractivity contribution in [1.29, 1.82) is 0 Å². The smallest absolute Gasteiger partial charge is 0.341 e. The van der Waals surface area contributed by atoms with Gasteiger partial charge in [0.25, 0.3) is 0 Å². The Kier molecular flexibility index (Phi) is 4.08. The first-order valence-corrected chi connectivity index (χ1v) is 5.09. The van der Waals surface area contributed by atoms with Crippen LogP contribution < -0.4 is 4.74 Å². The molecule has 0 amide bonds. The normalized spacial score (nSPS) is 9.87. The van der Waals surface area contributed by atoms with Crippen LogP contribution in [0.25, 0.3) is 0 Å². The molecule has 0 aliphatic carbocycles. The zero-order valence-corrected chi connectivity index (χ0v) is 9.93. The van der Waals surface area contributed by atoms with Gasteiger partial charge in [0.05, 0.1) is 13.7 Å². The van der Waals surface area contributed by atoms with E-state index in [9.17, 15) is 9.18 Å². The predicted octanol–water partition coefficient (Wildman–Crippen LogP) is 2.77. The monoisotopic (exact) mass is 276 g/mol. The third kappa shape index (κ3) is 2.68. The number of benzene rings is 1. The topological polar surface area (TPSA) is 35.5 Å². The van der Waals surface area contributed by atoms with Gasteiger partial charge in [-0.15, -0.1) is 0 Å². The van der Waals surface area contributed by atoms with Crippen LogP contribution in [-0.4, -0.2) is 19.7 Å². The minimum Gasteiger partial charge on any atom is -0.491 e. The molecule has 0 aliphatic heterocycles. The average molecular weight is 277 g/mol. The second-order valence-corrected chi connectivity index (χ2v) is 3.61. The summed E-state index contributed by atoms with van der Waals surface area (Å²) in [4.78, 5) is 11.2. The fourth-order valence-corrected chi connectivity index (χ4v) is 1.52. The number of hydrogen-bond donors (Lipinski definition) is 0. The molecule has 1 aromatic carbocycles. The summed E-state index contributed by atoms with van der Waals surface area (Å²) in [5.41, 5.74) is -0.143. The van der Waals surface area contributed by atoms with Gasteiger partial charge in [0, 0.05) is 4.47 Å². The Morgan fingerprint density at radius 2 is 2.20 bits per heavy atom. The van der Waals surface area contributed by atoms with Crippen LogP contribution in [0.2, 0.25) is 0 Å². The van der Waals surface area contributed by atoms with E-state index < -0.39 is 11.8 Å². The molecule has 3 nitrogen and oxygen atoms in total. The van der Waals surface area contributed by atoms with Crippen molar-refractivity contribution in [3.63, 3.8) is 0 Å². The summed E-state index contributed by atoms with van der Waals surface area (Å²) in [6, 6.07) is 2.81. The molecule has 0 spiro atoms. The molecule has 0 bridgehead atoms. The average Bonchev–Trinajstić information content (AvgIpc) is 2.22. The molecule has 0 saturated carbocycles. The van der Waals surface area contributed by atoms with Crippen molar-refractivity contribution in [2.75, 3.05) is 13.7 Å². The van der Waals surface area contributed by atoms with Crippen molar-refractivity contribution in [1.82, 2.24) is 0 Å². The maximum absolute atomic E-state index is 13.6. The third-order valence-electron chi connectivity index (χ3n) is 1.71. The Morgan fingerprint density at radius 3 is 2.73 bits per heavy atom. The van der Waals surface area contributed by atoms with Gasteiger partial charge in [0.2, 0.25) is 0 Å². The molecule has 82 valence electrons. The minimum atomic E-state index is -0.727. The molecule has 15 heavy (non-hydrogen) atoms. The molecular formula is C10H10BrFO3. The highest BCUT2D eigenvalue weighted by Crippen LogP contribution is 2.26. The largest absolute Gasteiger partial charge is 0.491 e. The highest BCUT2D eigenvalue weighted by molar-refractivity contribution is 9.10. The highest BCUT2D eigenvalue weighted by atomic mass is 79.9. The Morgan fingerprint density at radius 1 is 1.53 bits per heavy atom. The van der Waals surface area contributed by atoms with Crippen molar-refractivity contribution in [3.8, 4) is 5.75 Å². The number of methoxy groups -OCH3 is 1. The summed E-state index contributed by atoms with van der Waals surface area (Å²) in [7, 11) is 1.20. The highest BCUT2D eigenvalue weighted by Gasteiger charge is 2.17. The van der Waals surface area contributed by atoms with E-state index in [4.69, 9.17) is 4.74 Å². The summed E-state index contributed by atoms with van der Waals surface area (Å²) >= 11 is 3.16. The van der Waals surface area contributed by atoms with E-state index in [0.29, 0.717) is 11.1 Å². The van der Waals surface area contributed by atoms with Crippen LogP contribution in [0.1, 0.15) is 17.3 Å². The van der Waals surface area contributed by atoms with Crippen molar-refractivity contribution >= 4 is 21.9 Å². The van der Waals surface area contributed by atoms with Crippen LogP contribution in [0.15, 0.2) is 16.6 Å². The minimum absolute atomic E-state index is 0.0345. The van der Waals surface area contributed by atoms with E-state index in [1.165, 1.54) is 19.2 Å². The van der Waals surface area contributed by atoms with E-state index in [0.717, 1.165) is 0 Å². The van der Waals surface area contributed by atoms with Crippen LogP contribution in [-0.2, 0) is 4.74 Å². The van der Waals surface area contributed by atoms with E-state index >= 15 is 0 Å². The van der Waals surface area contributed by atoms with E-state index in [1.54, 1.807) is 6.92 Å². The lowest BCUT2D eigenvalue weighted by Crippen LogP contribution is -2.06. The second kappa shape index (κ2) is 5.11. The number of halogens is 2. The third-order valence-corrected chi connectivity index (χ3v) is 2.17. The number of carbonyl (C=O) groups excluding carboxylic acids is 1. The van der Waals surface area contributed by atoms with Gasteiger partial charge in [-0.2, -0.15) is 0 Å². The van der Waals surface area contributed by atoms with Crippen LogP contribution in [0.3, 0.4) is 0 Å². The number of ether oxygens (including phenoxy) is 2. The van der Waals surface area contributed by atoms with Gasteiger partial charge in [-0.05, 0) is 19.1 Å². The number of rotatable bonds is 3. The van der Waals surface area contributed by atoms with Crippen molar-refractivity contribution in [3.05, 3.63) is 28.0 Å². The maximum atomic E-state index is 13.6. The van der Waals surface area contributed by atoms with Gasteiger partial charge in [0.15, 0.2) is 11.6 Å². The standard InChI is InChI=1S/C10H10BrFO3/c1-3-15-8-5-6(11)4-7(9(8)12)10(13)14-2/h4-5H,3H2,1-2H3. The van der Waals surface area contributed by atoms with E-state index in [-0.39, 0.29) is 11.3 Å². The van der Waals surface area contributed by atoms with Gasteiger partial charge >= 0.3 is 5.97 Å². The van der Waals surface area contributed by atoms with Gasteiger partial charge < -0.3 is 9.47 Å². The first-order valence-electron chi connectivity index (χ1n) is 4.30. The molecule has 1 rings (SSSR count). The number of hydrogen-bond acceptors (Lipinski definition) is 3. The van der Waals surface area contributed by atoms with Crippen LogP contribution in [0, 0.1) is 5.82 Å². The molecule has 0 heterocycles. The van der Waals surface area contributed by atoms with Crippen LogP contribution in [0.5, 0.6) is 5.75 Å². The van der Waals surface area contributed by atoms with Crippen molar-refractivity contribution < 1.29 is 18.7 Å². The molecule has 0 saturated heterocycles. The Balaban J connectivity index is 3.21. The summed E-state index contributed by atoms with van der Waals surface area (Å²) in [5.74, 6) is -1.39. The Hall–Kier alpha value is -1.10. The first kappa shape index (κ1) is 12.0. The molecule has 0 N–H and O–H groups in total. The van der Waals surface area contributed by atoms with Gasteiger partial charge in [-0.25, -0.2) is 9.18 Å². The van der Waals surface area contributed by atoms with E-state index in [2.05, 4.69) is 20.7 Å². The lowest BCUT2D eigenvalue weighted by molar-refractivity contribution is 0.0594. The summed E-state index contributed by atoms with van der Waals surface area (Å²) in [5, 5.41) is 0. The molecule has 1 aromatic rings. The fraction of sp³-hybridized carbons (Fsp3) is 0.300. The predicted molar refractivity (Wildman–Crippen MR) is 56.6 cm³/mol. The molecule has 0 aliphatic rings. The van der Waals surface area contributed by atoms with Crippen LogP contribution >= 0.6 is 15.9 Å². The maximum Gasteiger partial charge on any atom is 0.341 e. The summed E-state index contributed by atoms with van der Waals surface area (Å²) < 4.78 is 23.7. The number of esters is 1. The fourth-order valence-electron chi connectivity index (χ4n) is 1.08. The summed E-state index contributed by atoms with van der Waals surface area (Å²) in [6.07, 6.45) is 0. The van der Waals surface area contributed by atoms with Gasteiger partial charge in [-0.1, -0.05) is 15.9 Å². The first-order chi connectivity index (χ1) is 7.10. The zero-order chi connectivity index (χ0) is 11.4. The number of carbonyl (C=O) groups is 1. The quantitative estimate of drug-likeness (QED) is 0.797. The Bertz CT molecular complexity index is 379. The molecule has 5 heteroatoms. The SMILES string of the molecule is CCOc1cc(Br)cc(C(=O)OC)c1F. The van der Waals surface area contributed by atoms with Crippen LogP contribution in [0.4, 0.5) is 4.39 Å². The summed E-state index contributed by atoms with van der Waals surface area (Å²) in [6.45, 7) is 2.06. The second-order valence-electron chi connectivity index (χ2n) is 2.69. The van der Waals surface area contributed by atoms with E-state index in [1.807, 2.05) is 0 Å². The lowest BCUT2D eigenvalue weighted by Gasteiger charge is -2.08. The van der Waals surface area contributed by atoms with Crippen molar-refractivity contribution in [2.45, 2.75) is 6.92 Å². The van der Waals surface area contributed by atoms with Crippen molar-refractivity contribution in [2.24, 2.45) is 0 Å². The van der Waals surface area contributed by atoms with Gasteiger partial charge in [-0.3, -0.25) is 0 Å². The van der Waals surface area contributed by atoms with Gasteiger partial charge in [0.1, 0.15) is 5.56 Å². The molecule has 0 radical (unpaired) electrons. The molecule has 0 unspecified atom stereocenters.